The Kier molecular flexibility index (Phi) is 8.62. The van der Waals surface area contributed by atoms with E-state index in [-0.39, 0.29) is 12.5 Å². The molecule has 5 nitrogen and oxygen atoms in total. The summed E-state index contributed by atoms with van der Waals surface area (Å²) in [4.78, 5) is 18.2. The van der Waals surface area contributed by atoms with Crippen molar-refractivity contribution in [2.45, 2.75) is 38.1 Å². The smallest absolute Gasteiger partial charge is 0.233 e. The molecule has 0 spiro atoms. The van der Waals surface area contributed by atoms with Crippen LogP contribution in [-0.2, 0) is 17.9 Å². The van der Waals surface area contributed by atoms with Gasteiger partial charge >= 0.3 is 0 Å². The summed E-state index contributed by atoms with van der Waals surface area (Å²) < 4.78 is 1.99. The van der Waals surface area contributed by atoms with Crippen molar-refractivity contribution in [2.75, 3.05) is 18.8 Å². The Morgan fingerprint density at radius 3 is 2.68 bits per heavy atom. The first-order valence-corrected chi connectivity index (χ1v) is 8.44. The molecule has 0 radical (unpaired) electrons. The van der Waals surface area contributed by atoms with Crippen LogP contribution in [0, 0.1) is 0 Å². The minimum absolute atomic E-state index is 0.0281. The average Bonchev–Trinajstić information content (AvgIpc) is 2.92. The van der Waals surface area contributed by atoms with Crippen LogP contribution in [0.4, 0.5) is 0 Å². The number of carbonyl (C=O) groups is 1. The highest BCUT2D eigenvalue weighted by Crippen LogP contribution is 2.20. The fourth-order valence-corrected chi connectivity index (χ4v) is 2.92. The third-order valence-corrected chi connectivity index (χ3v) is 4.15. The van der Waals surface area contributed by atoms with E-state index < -0.39 is 0 Å². The van der Waals surface area contributed by atoms with Crippen LogP contribution in [-0.4, -0.2) is 44.3 Å². The summed E-state index contributed by atoms with van der Waals surface area (Å²) in [5.74, 6) is 0.343. The van der Waals surface area contributed by atoms with Crippen molar-refractivity contribution in [3.63, 3.8) is 0 Å². The van der Waals surface area contributed by atoms with E-state index >= 15 is 0 Å². The van der Waals surface area contributed by atoms with Crippen LogP contribution in [0.2, 0.25) is 0 Å². The minimum Gasteiger partial charge on any atom is -0.390 e. The van der Waals surface area contributed by atoms with Crippen molar-refractivity contribution >= 4 is 17.7 Å². The average molecular weight is 323 g/mol. The molecule has 0 aliphatic heterocycles. The minimum atomic E-state index is -0.0374. The second-order valence-corrected chi connectivity index (χ2v) is 5.80. The lowest BCUT2D eigenvalue weighted by Crippen LogP contribution is -2.32. The van der Waals surface area contributed by atoms with Crippen molar-refractivity contribution < 1.29 is 9.90 Å². The van der Waals surface area contributed by atoms with Crippen molar-refractivity contribution in [2.24, 2.45) is 0 Å². The zero-order valence-electron chi connectivity index (χ0n) is 13.2. The van der Waals surface area contributed by atoms with Crippen LogP contribution < -0.4 is 0 Å². The first-order valence-electron chi connectivity index (χ1n) is 7.45. The van der Waals surface area contributed by atoms with Crippen LogP contribution in [0.5, 0.6) is 0 Å². The predicted molar refractivity (Wildman–Crippen MR) is 90.8 cm³/mol. The number of imidazole rings is 1. The summed E-state index contributed by atoms with van der Waals surface area (Å²) in [7, 11) is 0. The highest BCUT2D eigenvalue weighted by atomic mass is 32.2. The van der Waals surface area contributed by atoms with Crippen molar-refractivity contribution in [3.8, 4) is 0 Å². The number of unbranched alkanes of at least 4 members (excludes halogenated alkanes) is 1. The lowest BCUT2D eigenvalue weighted by Gasteiger charge is -2.19. The van der Waals surface area contributed by atoms with E-state index in [1.54, 1.807) is 23.2 Å². The fourth-order valence-electron chi connectivity index (χ4n) is 2.00. The number of carbonyl (C=O) groups excluding carboxylic acids is 1. The molecular formula is C16H25N3O2S. The molecule has 0 bridgehead atoms. The number of nitrogens with zero attached hydrogens (tertiary/aromatic N) is 3. The standard InChI is InChI=1S/C16H25N3O2S/c1-4-7-10-19-14(12-20)11-17-16(19)22-13-15(21)18(8-5-2)9-6-3/h5-6,11,20H,2-4,7-10,12-13H2,1H3. The van der Waals surface area contributed by atoms with Crippen molar-refractivity contribution in [3.05, 3.63) is 37.2 Å². The van der Waals surface area contributed by atoms with Gasteiger partial charge in [0.25, 0.3) is 0 Å². The van der Waals surface area contributed by atoms with E-state index in [9.17, 15) is 9.90 Å². The highest BCUT2D eigenvalue weighted by molar-refractivity contribution is 7.99. The molecule has 1 aromatic heterocycles. The molecule has 1 aromatic rings. The first kappa shape index (κ1) is 18.5. The Labute approximate surface area is 136 Å². The quantitative estimate of drug-likeness (QED) is 0.502. The number of thioether (sulfide) groups is 1. The van der Waals surface area contributed by atoms with Crippen molar-refractivity contribution in [1.82, 2.24) is 14.5 Å². The zero-order chi connectivity index (χ0) is 16.4. The van der Waals surface area contributed by atoms with Gasteiger partial charge in [0.1, 0.15) is 0 Å². The number of hydrogen-bond donors (Lipinski definition) is 1. The lowest BCUT2D eigenvalue weighted by molar-refractivity contribution is -0.127. The second kappa shape index (κ2) is 10.2. The predicted octanol–water partition coefficient (Wildman–Crippen LogP) is 2.47. The van der Waals surface area contributed by atoms with Gasteiger partial charge < -0.3 is 14.6 Å². The molecule has 122 valence electrons. The molecular weight excluding hydrogens is 298 g/mol. The Hall–Kier alpha value is -1.53. The van der Waals surface area contributed by atoms with Gasteiger partial charge in [-0.2, -0.15) is 0 Å². The van der Waals surface area contributed by atoms with E-state index in [0.717, 1.165) is 30.2 Å². The summed E-state index contributed by atoms with van der Waals surface area (Å²) in [5, 5.41) is 10.1. The van der Waals surface area contributed by atoms with Gasteiger partial charge in [-0.3, -0.25) is 4.79 Å². The topological polar surface area (TPSA) is 58.4 Å². The number of aliphatic hydroxyl groups excluding tert-OH is 1. The molecule has 1 N–H and O–H groups in total. The van der Waals surface area contributed by atoms with E-state index in [1.807, 2.05) is 4.57 Å². The second-order valence-electron chi connectivity index (χ2n) is 4.86. The van der Waals surface area contributed by atoms with E-state index in [1.165, 1.54) is 11.8 Å². The van der Waals surface area contributed by atoms with Gasteiger partial charge in [0.2, 0.25) is 5.91 Å². The number of amides is 1. The molecule has 0 aromatic carbocycles. The summed E-state index contributed by atoms with van der Waals surface area (Å²) in [6.45, 7) is 11.2. The van der Waals surface area contributed by atoms with Crippen LogP contribution in [0.1, 0.15) is 25.5 Å². The Bertz CT molecular complexity index is 490. The molecule has 6 heteroatoms. The zero-order valence-corrected chi connectivity index (χ0v) is 14.0. The van der Waals surface area contributed by atoms with Gasteiger partial charge in [0.05, 0.1) is 24.3 Å². The van der Waals surface area contributed by atoms with Gasteiger partial charge in [0, 0.05) is 19.6 Å². The largest absolute Gasteiger partial charge is 0.390 e. The summed E-state index contributed by atoms with van der Waals surface area (Å²) >= 11 is 1.40. The maximum atomic E-state index is 12.2. The molecule has 1 heterocycles. The van der Waals surface area contributed by atoms with Gasteiger partial charge in [0.15, 0.2) is 5.16 Å². The molecule has 22 heavy (non-hydrogen) atoms. The normalized spacial score (nSPS) is 10.5. The van der Waals surface area contributed by atoms with Crippen LogP contribution in [0.3, 0.4) is 0 Å². The fraction of sp³-hybridized carbons (Fsp3) is 0.500. The van der Waals surface area contributed by atoms with Crippen LogP contribution in [0.25, 0.3) is 0 Å². The van der Waals surface area contributed by atoms with Gasteiger partial charge in [-0.15, -0.1) is 13.2 Å². The third kappa shape index (κ3) is 5.35. The third-order valence-electron chi connectivity index (χ3n) is 3.18. The Morgan fingerprint density at radius 1 is 1.45 bits per heavy atom. The maximum Gasteiger partial charge on any atom is 0.233 e. The van der Waals surface area contributed by atoms with Gasteiger partial charge in [-0.05, 0) is 6.42 Å². The van der Waals surface area contributed by atoms with E-state index in [2.05, 4.69) is 25.1 Å². The van der Waals surface area contributed by atoms with Crippen LogP contribution >= 0.6 is 11.8 Å². The number of aromatic nitrogens is 2. The molecule has 0 unspecified atom stereocenters. The first-order chi connectivity index (χ1) is 10.7. The summed E-state index contributed by atoms with van der Waals surface area (Å²) in [5.41, 5.74) is 0.789. The Balaban J connectivity index is 2.69. The SMILES string of the molecule is C=CCN(CC=C)C(=O)CSc1ncc(CO)n1CCCC. The number of hydrogen-bond acceptors (Lipinski definition) is 4. The molecule has 0 atom stereocenters. The van der Waals surface area contributed by atoms with Gasteiger partial charge in [-0.25, -0.2) is 4.98 Å². The van der Waals surface area contributed by atoms with Crippen LogP contribution in [0.15, 0.2) is 36.7 Å². The van der Waals surface area contributed by atoms with E-state index in [0.29, 0.717) is 18.8 Å². The summed E-state index contributed by atoms with van der Waals surface area (Å²) in [6.07, 6.45) is 7.17. The molecule has 0 fully saturated rings. The molecule has 1 rings (SSSR count). The van der Waals surface area contributed by atoms with E-state index in [4.69, 9.17) is 0 Å². The molecule has 0 aliphatic rings. The van der Waals surface area contributed by atoms with Crippen molar-refractivity contribution in [1.29, 1.82) is 0 Å². The molecule has 0 saturated heterocycles. The Morgan fingerprint density at radius 2 is 2.14 bits per heavy atom. The monoisotopic (exact) mass is 323 g/mol. The molecule has 0 aliphatic carbocycles. The molecule has 1 amide bonds. The highest BCUT2D eigenvalue weighted by Gasteiger charge is 2.15. The number of rotatable bonds is 11. The summed E-state index contributed by atoms with van der Waals surface area (Å²) in [6, 6.07) is 0. The lowest BCUT2D eigenvalue weighted by atomic mass is 10.3. The maximum absolute atomic E-state index is 12.2. The van der Waals surface area contributed by atoms with Gasteiger partial charge in [-0.1, -0.05) is 37.3 Å². The molecule has 0 saturated carbocycles. The number of aliphatic hydroxyl groups is 1.